The van der Waals surface area contributed by atoms with Gasteiger partial charge < -0.3 is 10.0 Å². The van der Waals surface area contributed by atoms with Gasteiger partial charge in [0.2, 0.25) is 5.91 Å². The van der Waals surface area contributed by atoms with E-state index in [9.17, 15) is 9.90 Å². The lowest BCUT2D eigenvalue weighted by Crippen LogP contribution is -2.26. The second-order valence-electron chi connectivity index (χ2n) is 6.39. The number of fused-ring (bicyclic) bond motifs is 1. The highest BCUT2D eigenvalue weighted by molar-refractivity contribution is 5.78. The van der Waals surface area contributed by atoms with Crippen LogP contribution in [0.15, 0.2) is 18.2 Å². The largest absolute Gasteiger partial charge is 0.388 e. The average molecular weight is 275 g/mol. The van der Waals surface area contributed by atoms with Crippen LogP contribution < -0.4 is 0 Å². The summed E-state index contributed by atoms with van der Waals surface area (Å²) in [5.41, 5.74) is 3.30. The number of aliphatic hydroxyl groups is 1. The molecular weight excluding hydrogens is 250 g/mol. The highest BCUT2D eigenvalue weighted by atomic mass is 16.3. The van der Waals surface area contributed by atoms with Gasteiger partial charge in [-0.05, 0) is 41.4 Å². The highest BCUT2D eigenvalue weighted by Crippen LogP contribution is 2.38. The van der Waals surface area contributed by atoms with E-state index in [1.807, 2.05) is 12.1 Å². The first kappa shape index (κ1) is 15.0. The third-order valence-electron chi connectivity index (χ3n) is 4.39. The molecule has 0 saturated heterocycles. The molecule has 0 fully saturated rings. The summed E-state index contributed by atoms with van der Waals surface area (Å²) in [6.45, 7) is 4.34. The van der Waals surface area contributed by atoms with Crippen LogP contribution in [0.4, 0.5) is 0 Å². The molecule has 1 aromatic carbocycles. The van der Waals surface area contributed by atoms with E-state index < -0.39 is 0 Å². The molecule has 0 radical (unpaired) electrons. The SMILES string of the molecule is CC(C)C1CCc2cc(CC(=O)N(C)C)ccc2C1O. The van der Waals surface area contributed by atoms with E-state index in [-0.39, 0.29) is 12.0 Å². The third-order valence-corrected chi connectivity index (χ3v) is 4.39. The van der Waals surface area contributed by atoms with Crippen LogP contribution in [0.1, 0.15) is 43.1 Å². The topological polar surface area (TPSA) is 40.5 Å². The van der Waals surface area contributed by atoms with Crippen LogP contribution in [0.5, 0.6) is 0 Å². The Kier molecular flexibility index (Phi) is 4.48. The monoisotopic (exact) mass is 275 g/mol. The minimum Gasteiger partial charge on any atom is -0.388 e. The second kappa shape index (κ2) is 5.96. The van der Waals surface area contributed by atoms with Gasteiger partial charge >= 0.3 is 0 Å². The van der Waals surface area contributed by atoms with Crippen LogP contribution in [0.2, 0.25) is 0 Å². The number of aryl methyl sites for hydroxylation is 1. The van der Waals surface area contributed by atoms with Gasteiger partial charge in [0.15, 0.2) is 0 Å². The lowest BCUT2D eigenvalue weighted by molar-refractivity contribution is -0.127. The van der Waals surface area contributed by atoms with Gasteiger partial charge in [-0.15, -0.1) is 0 Å². The standard InChI is InChI=1S/C17H25NO2/c1-11(2)14-8-6-13-9-12(10-16(19)18(3)4)5-7-15(13)17(14)20/h5,7,9,11,14,17,20H,6,8,10H2,1-4H3. The fourth-order valence-corrected chi connectivity index (χ4v) is 3.02. The molecular formula is C17H25NO2. The van der Waals surface area contributed by atoms with Gasteiger partial charge in [-0.1, -0.05) is 32.0 Å². The summed E-state index contributed by atoms with van der Waals surface area (Å²) in [6.07, 6.45) is 2.09. The lowest BCUT2D eigenvalue weighted by atomic mass is 9.75. The number of carbonyl (C=O) groups excluding carboxylic acids is 1. The molecule has 0 spiro atoms. The number of hydrogen-bond donors (Lipinski definition) is 1. The molecule has 110 valence electrons. The summed E-state index contributed by atoms with van der Waals surface area (Å²) in [4.78, 5) is 13.4. The Morgan fingerprint density at radius 2 is 2.10 bits per heavy atom. The zero-order chi connectivity index (χ0) is 14.9. The molecule has 2 unspecified atom stereocenters. The summed E-state index contributed by atoms with van der Waals surface area (Å²) < 4.78 is 0. The molecule has 1 amide bonds. The molecule has 0 saturated carbocycles. The number of hydrogen-bond acceptors (Lipinski definition) is 2. The molecule has 3 nitrogen and oxygen atoms in total. The summed E-state index contributed by atoms with van der Waals surface area (Å²) in [5.74, 6) is 0.950. The van der Waals surface area contributed by atoms with E-state index in [2.05, 4.69) is 19.9 Å². The number of rotatable bonds is 3. The van der Waals surface area contributed by atoms with Crippen molar-refractivity contribution >= 4 is 5.91 Å². The van der Waals surface area contributed by atoms with Gasteiger partial charge in [0, 0.05) is 14.1 Å². The van der Waals surface area contributed by atoms with E-state index in [1.165, 1.54) is 5.56 Å². The van der Waals surface area contributed by atoms with Crippen LogP contribution in [0.25, 0.3) is 0 Å². The lowest BCUT2D eigenvalue weighted by Gasteiger charge is -2.33. The highest BCUT2D eigenvalue weighted by Gasteiger charge is 2.30. The van der Waals surface area contributed by atoms with Crippen molar-refractivity contribution in [1.29, 1.82) is 0 Å². The van der Waals surface area contributed by atoms with Crippen LogP contribution in [0.3, 0.4) is 0 Å². The first-order valence-electron chi connectivity index (χ1n) is 7.40. The molecule has 0 heterocycles. The van der Waals surface area contributed by atoms with Crippen molar-refractivity contribution in [3.05, 3.63) is 34.9 Å². The smallest absolute Gasteiger partial charge is 0.226 e. The van der Waals surface area contributed by atoms with Crippen LogP contribution in [0, 0.1) is 11.8 Å². The number of likely N-dealkylation sites (N-methyl/N-ethyl adjacent to an activating group) is 1. The summed E-state index contributed by atoms with van der Waals surface area (Å²) >= 11 is 0. The van der Waals surface area contributed by atoms with E-state index in [0.29, 0.717) is 18.3 Å². The first-order chi connectivity index (χ1) is 9.40. The summed E-state index contributed by atoms with van der Waals surface area (Å²) in [7, 11) is 3.55. The van der Waals surface area contributed by atoms with Crippen molar-refractivity contribution in [3.63, 3.8) is 0 Å². The van der Waals surface area contributed by atoms with E-state index in [1.54, 1.807) is 19.0 Å². The Morgan fingerprint density at radius 3 is 2.70 bits per heavy atom. The molecule has 1 aromatic rings. The number of carbonyl (C=O) groups is 1. The van der Waals surface area contributed by atoms with Gasteiger partial charge in [0.25, 0.3) is 0 Å². The zero-order valence-electron chi connectivity index (χ0n) is 12.9. The molecule has 20 heavy (non-hydrogen) atoms. The number of amides is 1. The maximum atomic E-state index is 11.8. The van der Waals surface area contributed by atoms with E-state index in [0.717, 1.165) is 24.0 Å². The Labute approximate surface area is 121 Å². The molecule has 2 rings (SSSR count). The Morgan fingerprint density at radius 1 is 1.40 bits per heavy atom. The molecule has 0 aromatic heterocycles. The fourth-order valence-electron chi connectivity index (χ4n) is 3.02. The average Bonchev–Trinajstić information content (AvgIpc) is 2.38. The molecule has 2 atom stereocenters. The minimum atomic E-state index is -0.364. The zero-order valence-corrected chi connectivity index (χ0v) is 12.9. The van der Waals surface area contributed by atoms with Gasteiger partial charge in [-0.25, -0.2) is 0 Å². The van der Waals surface area contributed by atoms with Crippen molar-refractivity contribution in [2.45, 2.75) is 39.2 Å². The van der Waals surface area contributed by atoms with E-state index >= 15 is 0 Å². The van der Waals surface area contributed by atoms with Gasteiger partial charge in [-0.3, -0.25) is 4.79 Å². The molecule has 0 bridgehead atoms. The molecule has 1 aliphatic carbocycles. The van der Waals surface area contributed by atoms with Crippen LogP contribution >= 0.6 is 0 Å². The molecule has 1 N–H and O–H groups in total. The van der Waals surface area contributed by atoms with Gasteiger partial charge in [-0.2, -0.15) is 0 Å². The summed E-state index contributed by atoms with van der Waals surface area (Å²) in [6, 6.07) is 6.08. The Hall–Kier alpha value is -1.35. The Balaban J connectivity index is 2.20. The normalized spacial score (nSPS) is 21.7. The van der Waals surface area contributed by atoms with Crippen molar-refractivity contribution < 1.29 is 9.90 Å². The Bertz CT molecular complexity index is 494. The quantitative estimate of drug-likeness (QED) is 0.921. The fraction of sp³-hybridized carbons (Fsp3) is 0.588. The third kappa shape index (κ3) is 3.04. The van der Waals surface area contributed by atoms with Crippen molar-refractivity contribution in [1.82, 2.24) is 4.90 Å². The number of benzene rings is 1. The minimum absolute atomic E-state index is 0.112. The predicted molar refractivity (Wildman–Crippen MR) is 80.4 cm³/mol. The number of aliphatic hydroxyl groups excluding tert-OH is 1. The summed E-state index contributed by atoms with van der Waals surface area (Å²) in [5, 5.41) is 10.5. The van der Waals surface area contributed by atoms with Crippen molar-refractivity contribution in [3.8, 4) is 0 Å². The second-order valence-corrected chi connectivity index (χ2v) is 6.39. The van der Waals surface area contributed by atoms with E-state index in [4.69, 9.17) is 0 Å². The van der Waals surface area contributed by atoms with Crippen molar-refractivity contribution in [2.75, 3.05) is 14.1 Å². The number of nitrogens with zero attached hydrogens (tertiary/aromatic N) is 1. The van der Waals surface area contributed by atoms with Crippen LogP contribution in [-0.4, -0.2) is 30.0 Å². The molecule has 3 heteroatoms. The predicted octanol–water partition coefficient (Wildman–Crippen LogP) is 2.57. The van der Waals surface area contributed by atoms with Gasteiger partial charge in [0.1, 0.15) is 0 Å². The molecule has 1 aliphatic rings. The molecule has 0 aliphatic heterocycles. The van der Waals surface area contributed by atoms with Crippen molar-refractivity contribution in [2.24, 2.45) is 11.8 Å². The van der Waals surface area contributed by atoms with Gasteiger partial charge in [0.05, 0.1) is 12.5 Å². The first-order valence-corrected chi connectivity index (χ1v) is 7.40. The van der Waals surface area contributed by atoms with Crippen LogP contribution in [-0.2, 0) is 17.6 Å². The maximum Gasteiger partial charge on any atom is 0.226 e. The maximum absolute atomic E-state index is 11.8.